The molecule has 0 aliphatic heterocycles. The largest absolute Gasteiger partial charge is 0.452 e. The van der Waals surface area contributed by atoms with Crippen LogP contribution in [-0.4, -0.2) is 17.8 Å². The van der Waals surface area contributed by atoms with Crippen LogP contribution in [0.5, 0.6) is 0 Å². The smallest absolute Gasteiger partial charge is 0.418 e. The van der Waals surface area contributed by atoms with Crippen molar-refractivity contribution in [2.24, 2.45) is 0 Å². The van der Waals surface area contributed by atoms with E-state index in [-0.39, 0.29) is 6.09 Å². The molecule has 0 unspecified atom stereocenters. The van der Waals surface area contributed by atoms with Gasteiger partial charge in [0.25, 0.3) is 0 Å². The zero-order chi connectivity index (χ0) is 13.4. The van der Waals surface area contributed by atoms with Crippen LogP contribution in [0.25, 0.3) is 21.3 Å². The summed E-state index contributed by atoms with van der Waals surface area (Å²) in [6.07, 6.45) is 1.34. The van der Waals surface area contributed by atoms with Crippen molar-refractivity contribution in [2.45, 2.75) is 0 Å². The quantitative estimate of drug-likeness (QED) is 0.479. The molecule has 0 bridgehead atoms. The van der Waals surface area contributed by atoms with Crippen molar-refractivity contribution in [3.63, 3.8) is 0 Å². The minimum Gasteiger partial charge on any atom is -0.452 e. The fraction of sp³-hybridized carbons (Fsp3) is 0.0769. The van der Waals surface area contributed by atoms with Gasteiger partial charge in [0.1, 0.15) is 3.82 Å². The number of hydrogen-bond donors (Lipinski definition) is 0. The number of methoxy groups -OCH3 is 1. The van der Waals surface area contributed by atoms with Crippen molar-refractivity contribution in [1.29, 1.82) is 0 Å². The Morgan fingerprint density at radius 2 is 2.11 bits per heavy atom. The molecule has 96 valence electrons. The van der Waals surface area contributed by atoms with Crippen molar-refractivity contribution in [3.8, 4) is 10.4 Å². The first-order valence-electron chi connectivity index (χ1n) is 5.49. The van der Waals surface area contributed by atoms with Crippen molar-refractivity contribution < 1.29 is 9.53 Å². The van der Waals surface area contributed by atoms with Gasteiger partial charge in [-0.3, -0.25) is 4.57 Å². The summed E-state index contributed by atoms with van der Waals surface area (Å²) in [6.45, 7) is 0. The number of carbonyl (C=O) groups excluding carboxylic acids is 1. The second kappa shape index (κ2) is 4.88. The molecule has 0 atom stereocenters. The van der Waals surface area contributed by atoms with Crippen LogP contribution in [-0.2, 0) is 4.74 Å². The van der Waals surface area contributed by atoms with E-state index >= 15 is 0 Å². The molecule has 0 aliphatic carbocycles. The molecule has 3 rings (SSSR count). The number of aromatic nitrogens is 1. The predicted octanol–water partition coefficient (Wildman–Crippen LogP) is 4.78. The molecule has 0 spiro atoms. The second-order valence-electron chi connectivity index (χ2n) is 3.92. The highest BCUT2D eigenvalue weighted by molar-refractivity contribution is 7.80. The van der Waals surface area contributed by atoms with E-state index in [4.69, 9.17) is 17.0 Å². The van der Waals surface area contributed by atoms with Crippen LogP contribution in [0.2, 0.25) is 0 Å². The van der Waals surface area contributed by atoms with E-state index in [1.54, 1.807) is 26.9 Å². The lowest BCUT2D eigenvalue weighted by molar-refractivity contribution is 0.174. The first-order valence-corrected chi connectivity index (χ1v) is 8.05. The summed E-state index contributed by atoms with van der Waals surface area (Å²) in [5.74, 6) is 0. The van der Waals surface area contributed by atoms with Gasteiger partial charge >= 0.3 is 6.09 Å². The number of hydrogen-bond acceptors (Lipinski definition) is 5. The molecule has 0 saturated heterocycles. The highest BCUT2D eigenvalue weighted by atomic mass is 32.9. The molecule has 2 heterocycles. The minimum absolute atomic E-state index is 0.381. The van der Waals surface area contributed by atoms with E-state index in [9.17, 15) is 4.79 Å². The lowest BCUT2D eigenvalue weighted by Gasteiger charge is -2.02. The van der Waals surface area contributed by atoms with Crippen LogP contribution in [0.1, 0.15) is 0 Å². The first-order chi connectivity index (χ1) is 9.19. The summed E-state index contributed by atoms with van der Waals surface area (Å²) in [5, 5.41) is 1.01. The van der Waals surface area contributed by atoms with E-state index in [0.717, 1.165) is 25.2 Å². The molecule has 0 radical (unpaired) electrons. The van der Waals surface area contributed by atoms with Crippen molar-refractivity contribution in [1.82, 2.24) is 4.57 Å². The Kier molecular flexibility index (Phi) is 3.22. The van der Waals surface area contributed by atoms with Crippen molar-refractivity contribution in [3.05, 3.63) is 40.4 Å². The number of ether oxygens (including phenoxy) is 1. The zero-order valence-electron chi connectivity index (χ0n) is 9.95. The summed E-state index contributed by atoms with van der Waals surface area (Å²) in [4.78, 5) is 12.7. The van der Waals surface area contributed by atoms with Gasteiger partial charge in [-0.05, 0) is 29.8 Å². The zero-order valence-corrected chi connectivity index (χ0v) is 12.4. The van der Waals surface area contributed by atoms with Gasteiger partial charge < -0.3 is 4.74 Å². The maximum Gasteiger partial charge on any atom is 0.418 e. The Hall–Kier alpha value is -1.50. The minimum atomic E-state index is -0.381. The summed E-state index contributed by atoms with van der Waals surface area (Å²) in [6, 6.07) is 9.89. The average molecular weight is 307 g/mol. The van der Waals surface area contributed by atoms with Gasteiger partial charge in [0.05, 0.1) is 12.6 Å². The van der Waals surface area contributed by atoms with Crippen molar-refractivity contribution in [2.75, 3.05) is 7.11 Å². The fourth-order valence-electron chi connectivity index (χ4n) is 1.93. The Morgan fingerprint density at radius 1 is 1.26 bits per heavy atom. The third-order valence-corrected chi connectivity index (χ3v) is 5.72. The maximum atomic E-state index is 11.6. The Labute approximate surface area is 122 Å². The van der Waals surface area contributed by atoms with Gasteiger partial charge in [-0.1, -0.05) is 39.0 Å². The van der Waals surface area contributed by atoms with Gasteiger partial charge in [-0.2, -0.15) is 0 Å². The van der Waals surface area contributed by atoms with Crippen LogP contribution >= 0.6 is 32.9 Å². The lowest BCUT2D eigenvalue weighted by atomic mass is 10.1. The lowest BCUT2D eigenvalue weighted by Crippen LogP contribution is -2.09. The monoisotopic (exact) mass is 307 g/mol. The third-order valence-electron chi connectivity index (χ3n) is 2.81. The maximum absolute atomic E-state index is 11.6. The van der Waals surface area contributed by atoms with Crippen LogP contribution < -0.4 is 0 Å². The highest BCUT2D eigenvalue weighted by Gasteiger charge is 2.09. The molecule has 3 aromatic rings. The molecule has 0 saturated carbocycles. The van der Waals surface area contributed by atoms with Crippen LogP contribution in [0.3, 0.4) is 0 Å². The molecule has 2 aromatic heterocycles. The molecule has 1 aromatic carbocycles. The Morgan fingerprint density at radius 3 is 2.79 bits per heavy atom. The van der Waals surface area contributed by atoms with Crippen LogP contribution in [0.4, 0.5) is 4.79 Å². The normalized spacial score (nSPS) is 10.8. The first kappa shape index (κ1) is 12.5. The van der Waals surface area contributed by atoms with Crippen LogP contribution in [0, 0.1) is 3.82 Å². The molecular formula is C13H9NO2S3. The van der Waals surface area contributed by atoms with Gasteiger partial charge in [0, 0.05) is 16.5 Å². The van der Waals surface area contributed by atoms with E-state index in [0.29, 0.717) is 0 Å². The molecule has 3 nitrogen and oxygen atoms in total. The van der Waals surface area contributed by atoms with E-state index in [1.165, 1.54) is 11.7 Å². The molecule has 19 heavy (non-hydrogen) atoms. The van der Waals surface area contributed by atoms with Gasteiger partial charge in [-0.15, -0.1) is 0 Å². The van der Waals surface area contributed by atoms with E-state index in [1.807, 2.05) is 24.3 Å². The van der Waals surface area contributed by atoms with Gasteiger partial charge in [-0.25, -0.2) is 4.79 Å². The molecule has 0 amide bonds. The van der Waals surface area contributed by atoms with Gasteiger partial charge in [0.15, 0.2) is 0 Å². The summed E-state index contributed by atoms with van der Waals surface area (Å²) < 4.78 is 7.13. The number of benzene rings is 1. The summed E-state index contributed by atoms with van der Waals surface area (Å²) in [7, 11) is 4.64. The van der Waals surface area contributed by atoms with Crippen molar-refractivity contribution >= 4 is 49.9 Å². The molecule has 0 N–H and O–H groups in total. The Bertz CT molecular complexity index is 813. The number of fused-ring (bicyclic) bond motifs is 1. The molecule has 6 heteroatoms. The number of rotatable bonds is 1. The standard InChI is InChI=1S/C13H9NO2S3/c1-16-13(15)14-5-4-8-6-9(2-3-10(8)14)11-7-12(17)19-18-11/h2-7H,1H3. The number of nitrogens with zero attached hydrogens (tertiary/aromatic N) is 1. The number of carbonyl (C=O) groups is 1. The van der Waals surface area contributed by atoms with E-state index < -0.39 is 0 Å². The second-order valence-corrected chi connectivity index (χ2v) is 6.83. The SMILES string of the molecule is COC(=O)n1ccc2cc(-c3cc(=S)ss3)ccc21. The summed E-state index contributed by atoms with van der Waals surface area (Å²) >= 11 is 5.15. The third kappa shape index (κ3) is 2.22. The topological polar surface area (TPSA) is 31.2 Å². The van der Waals surface area contributed by atoms with Gasteiger partial charge in [0.2, 0.25) is 0 Å². The van der Waals surface area contributed by atoms with Crippen LogP contribution in [0.15, 0.2) is 36.5 Å². The Balaban J connectivity index is 2.13. The predicted molar refractivity (Wildman–Crippen MR) is 81.8 cm³/mol. The average Bonchev–Trinajstić information content (AvgIpc) is 3.03. The van der Waals surface area contributed by atoms with E-state index in [2.05, 4.69) is 6.07 Å². The summed E-state index contributed by atoms with van der Waals surface area (Å²) in [5.41, 5.74) is 1.96. The molecule has 0 fully saturated rings. The molecule has 0 aliphatic rings. The molecular weight excluding hydrogens is 298 g/mol. The highest BCUT2D eigenvalue weighted by Crippen LogP contribution is 2.31. The fourth-order valence-corrected chi connectivity index (χ4v) is 4.32.